The van der Waals surface area contributed by atoms with Crippen molar-refractivity contribution in [1.82, 2.24) is 9.62 Å². The van der Waals surface area contributed by atoms with Crippen molar-refractivity contribution in [2.75, 3.05) is 13.1 Å². The molecule has 25 heavy (non-hydrogen) atoms. The minimum Gasteiger partial charge on any atom is -0.481 e. The summed E-state index contributed by atoms with van der Waals surface area (Å²) in [6, 6.07) is 5.70. The van der Waals surface area contributed by atoms with Gasteiger partial charge in [0.25, 0.3) is 5.91 Å². The zero-order valence-electron chi connectivity index (χ0n) is 14.7. The lowest BCUT2D eigenvalue weighted by Gasteiger charge is -2.30. The summed E-state index contributed by atoms with van der Waals surface area (Å²) in [5, 5.41) is 9.12. The molecular weight excluding hydrogens is 344 g/mol. The molecule has 1 heterocycles. The Kier molecular flexibility index (Phi) is 5.53. The fraction of sp³-hybridized carbons (Fsp3) is 0.529. The van der Waals surface area contributed by atoms with Crippen LogP contribution in [-0.2, 0) is 14.8 Å². The van der Waals surface area contributed by atoms with Crippen molar-refractivity contribution in [3.8, 4) is 0 Å². The Balaban J connectivity index is 2.14. The van der Waals surface area contributed by atoms with Gasteiger partial charge in [0.2, 0.25) is 10.0 Å². The number of carbonyl (C=O) groups is 2. The molecule has 1 amide bonds. The average Bonchev–Trinajstić information content (AvgIpc) is 2.52. The van der Waals surface area contributed by atoms with Crippen LogP contribution in [0.2, 0.25) is 0 Å². The molecule has 1 aliphatic heterocycles. The summed E-state index contributed by atoms with van der Waals surface area (Å²) < 4.78 is 27.1. The number of carboxylic acids is 1. The molecule has 1 aliphatic rings. The smallest absolute Gasteiger partial charge is 0.308 e. The molecule has 0 aliphatic carbocycles. The highest BCUT2D eigenvalue weighted by atomic mass is 32.2. The number of piperidine rings is 1. The highest BCUT2D eigenvalue weighted by Crippen LogP contribution is 2.20. The number of carbonyl (C=O) groups excluding carboxylic acids is 1. The van der Waals surface area contributed by atoms with E-state index in [1.807, 2.05) is 0 Å². The molecular formula is C17H24N2O5S. The number of nitrogens with one attached hydrogen (secondary N) is 1. The van der Waals surface area contributed by atoms with Crippen LogP contribution in [0.4, 0.5) is 0 Å². The van der Waals surface area contributed by atoms with E-state index in [0.29, 0.717) is 24.9 Å². The molecule has 0 bridgehead atoms. The van der Waals surface area contributed by atoms with Gasteiger partial charge in [-0.2, -0.15) is 0 Å². The predicted molar refractivity (Wildman–Crippen MR) is 92.8 cm³/mol. The number of nitrogens with zero attached hydrogens (tertiary/aromatic N) is 1. The van der Waals surface area contributed by atoms with Crippen molar-refractivity contribution in [2.45, 2.75) is 44.0 Å². The predicted octanol–water partition coefficient (Wildman–Crippen LogP) is 1.70. The molecule has 2 N–H and O–H groups in total. The lowest BCUT2D eigenvalue weighted by molar-refractivity contribution is -0.143. The van der Waals surface area contributed by atoms with E-state index in [1.165, 1.54) is 29.2 Å². The van der Waals surface area contributed by atoms with Crippen molar-refractivity contribution < 1.29 is 23.1 Å². The van der Waals surface area contributed by atoms with Crippen molar-refractivity contribution in [2.24, 2.45) is 5.92 Å². The van der Waals surface area contributed by atoms with Gasteiger partial charge in [0.15, 0.2) is 0 Å². The molecule has 1 saturated heterocycles. The third kappa shape index (κ3) is 5.02. The molecule has 0 aromatic heterocycles. The van der Waals surface area contributed by atoms with Crippen molar-refractivity contribution in [3.63, 3.8) is 0 Å². The first kappa shape index (κ1) is 19.4. The van der Waals surface area contributed by atoms with E-state index < -0.39 is 27.4 Å². The van der Waals surface area contributed by atoms with Gasteiger partial charge in [0, 0.05) is 24.2 Å². The first-order valence-corrected chi connectivity index (χ1v) is 9.64. The van der Waals surface area contributed by atoms with E-state index in [1.54, 1.807) is 20.8 Å². The number of amides is 1. The van der Waals surface area contributed by atoms with E-state index in [9.17, 15) is 18.0 Å². The van der Waals surface area contributed by atoms with Crippen molar-refractivity contribution in [3.05, 3.63) is 29.8 Å². The Morgan fingerprint density at radius 3 is 2.32 bits per heavy atom. The fourth-order valence-electron chi connectivity index (χ4n) is 2.78. The van der Waals surface area contributed by atoms with Gasteiger partial charge in [-0.1, -0.05) is 0 Å². The standard InChI is InChI=1S/C17H24N2O5S/c1-17(2,3)18-25(23,24)14-8-6-12(7-9-14)15(20)19-10-4-5-13(11-19)16(21)22/h6-9,13,18H,4-5,10-11H2,1-3H3,(H,21,22). The molecule has 8 heteroatoms. The maximum atomic E-state index is 12.5. The second kappa shape index (κ2) is 7.13. The molecule has 7 nitrogen and oxygen atoms in total. The van der Waals surface area contributed by atoms with E-state index >= 15 is 0 Å². The van der Waals surface area contributed by atoms with Crippen LogP contribution in [0, 0.1) is 5.92 Å². The van der Waals surface area contributed by atoms with Gasteiger partial charge in [-0.15, -0.1) is 0 Å². The van der Waals surface area contributed by atoms with Gasteiger partial charge in [-0.25, -0.2) is 13.1 Å². The summed E-state index contributed by atoms with van der Waals surface area (Å²) in [5.41, 5.74) is -0.256. The number of rotatable bonds is 4. The highest BCUT2D eigenvalue weighted by molar-refractivity contribution is 7.89. The van der Waals surface area contributed by atoms with Crippen LogP contribution in [-0.4, -0.2) is 48.9 Å². The summed E-state index contributed by atoms with van der Waals surface area (Å²) in [7, 11) is -3.66. The second-order valence-electron chi connectivity index (χ2n) is 7.31. The minimum atomic E-state index is -3.66. The van der Waals surface area contributed by atoms with Crippen LogP contribution in [0.15, 0.2) is 29.2 Å². The maximum Gasteiger partial charge on any atom is 0.308 e. The topological polar surface area (TPSA) is 104 Å². The molecule has 2 rings (SSSR count). The SMILES string of the molecule is CC(C)(C)NS(=O)(=O)c1ccc(C(=O)N2CCCC(C(=O)O)C2)cc1. The zero-order chi connectivity index (χ0) is 18.8. The number of hydrogen-bond acceptors (Lipinski definition) is 4. The third-order valence-electron chi connectivity index (χ3n) is 3.91. The molecule has 1 fully saturated rings. The Hall–Kier alpha value is -1.93. The first-order chi connectivity index (χ1) is 11.5. The zero-order valence-corrected chi connectivity index (χ0v) is 15.5. The Labute approximate surface area is 148 Å². The van der Waals surface area contributed by atoms with Gasteiger partial charge in [-0.3, -0.25) is 9.59 Å². The average molecular weight is 368 g/mol. The summed E-state index contributed by atoms with van der Waals surface area (Å²) in [4.78, 5) is 25.2. The number of sulfonamides is 1. The molecule has 1 aromatic rings. The molecule has 1 unspecified atom stereocenters. The van der Waals surface area contributed by atoms with Crippen LogP contribution in [0.5, 0.6) is 0 Å². The summed E-state index contributed by atoms with van der Waals surface area (Å²) in [6.07, 6.45) is 1.21. The Morgan fingerprint density at radius 1 is 1.20 bits per heavy atom. The van der Waals surface area contributed by atoms with Crippen LogP contribution < -0.4 is 4.72 Å². The van der Waals surface area contributed by atoms with E-state index in [-0.39, 0.29) is 17.3 Å². The Morgan fingerprint density at radius 2 is 1.80 bits per heavy atom. The van der Waals surface area contributed by atoms with E-state index in [2.05, 4.69) is 4.72 Å². The van der Waals surface area contributed by atoms with Gasteiger partial charge in [0.1, 0.15) is 0 Å². The van der Waals surface area contributed by atoms with Crippen LogP contribution >= 0.6 is 0 Å². The molecule has 0 spiro atoms. The van der Waals surface area contributed by atoms with Crippen LogP contribution in [0.3, 0.4) is 0 Å². The molecule has 0 saturated carbocycles. The fourth-order valence-corrected chi connectivity index (χ4v) is 4.20. The minimum absolute atomic E-state index is 0.0843. The normalized spacial score (nSPS) is 18.8. The number of aliphatic carboxylic acids is 1. The summed E-state index contributed by atoms with van der Waals surface area (Å²) in [6.45, 7) is 5.93. The highest BCUT2D eigenvalue weighted by Gasteiger charge is 2.29. The first-order valence-electron chi connectivity index (χ1n) is 8.16. The monoisotopic (exact) mass is 368 g/mol. The molecule has 1 aromatic carbocycles. The maximum absolute atomic E-state index is 12.5. The van der Waals surface area contributed by atoms with E-state index in [4.69, 9.17) is 5.11 Å². The number of likely N-dealkylation sites (tertiary alicyclic amines) is 1. The molecule has 1 atom stereocenters. The second-order valence-corrected chi connectivity index (χ2v) is 8.99. The number of benzene rings is 1. The third-order valence-corrected chi connectivity index (χ3v) is 5.68. The van der Waals surface area contributed by atoms with Gasteiger partial charge >= 0.3 is 5.97 Å². The number of hydrogen-bond donors (Lipinski definition) is 2. The van der Waals surface area contributed by atoms with Gasteiger partial charge in [-0.05, 0) is 57.9 Å². The summed E-state index contributed by atoms with van der Waals surface area (Å²) >= 11 is 0. The van der Waals surface area contributed by atoms with E-state index in [0.717, 1.165) is 0 Å². The molecule has 0 radical (unpaired) electrons. The van der Waals surface area contributed by atoms with Crippen LogP contribution in [0.25, 0.3) is 0 Å². The van der Waals surface area contributed by atoms with Crippen LogP contribution in [0.1, 0.15) is 44.0 Å². The van der Waals surface area contributed by atoms with Crippen molar-refractivity contribution >= 4 is 21.9 Å². The van der Waals surface area contributed by atoms with Crippen molar-refractivity contribution in [1.29, 1.82) is 0 Å². The largest absolute Gasteiger partial charge is 0.481 e. The van der Waals surface area contributed by atoms with Gasteiger partial charge < -0.3 is 10.0 Å². The lowest BCUT2D eigenvalue weighted by atomic mass is 9.97. The Bertz CT molecular complexity index is 750. The quantitative estimate of drug-likeness (QED) is 0.842. The lowest BCUT2D eigenvalue weighted by Crippen LogP contribution is -2.42. The van der Waals surface area contributed by atoms with Gasteiger partial charge in [0.05, 0.1) is 10.8 Å². The summed E-state index contributed by atoms with van der Waals surface area (Å²) in [5.74, 6) is -1.72. The molecule has 138 valence electrons. The number of carboxylic acid groups (broad SMARTS) is 1.